The summed E-state index contributed by atoms with van der Waals surface area (Å²) in [5.74, 6) is 1.73. The van der Waals surface area contributed by atoms with E-state index in [2.05, 4.69) is 13.8 Å². The molecule has 0 aromatic heterocycles. The molecule has 1 fully saturated rings. The normalized spacial score (nSPS) is 22.6. The fourth-order valence-corrected chi connectivity index (χ4v) is 3.00. The Morgan fingerprint density at radius 2 is 2.00 bits per heavy atom. The number of piperidine rings is 1. The van der Waals surface area contributed by atoms with Crippen molar-refractivity contribution in [3.05, 3.63) is 23.8 Å². The minimum Gasteiger partial charge on any atom is -0.493 e. The molecule has 1 heterocycles. The molecule has 0 radical (unpaired) electrons. The predicted octanol–water partition coefficient (Wildman–Crippen LogP) is 2.79. The van der Waals surface area contributed by atoms with Crippen LogP contribution in [0.2, 0.25) is 0 Å². The molecular formula is C16H24N2O2. The topological polar surface area (TPSA) is 55.6 Å². The van der Waals surface area contributed by atoms with Crippen LogP contribution in [0.15, 0.2) is 18.2 Å². The van der Waals surface area contributed by atoms with Gasteiger partial charge < -0.3 is 15.4 Å². The highest BCUT2D eigenvalue weighted by molar-refractivity contribution is 5.98. The van der Waals surface area contributed by atoms with E-state index in [0.29, 0.717) is 35.4 Å². The van der Waals surface area contributed by atoms with Crippen molar-refractivity contribution < 1.29 is 9.53 Å². The molecule has 1 aromatic carbocycles. The molecule has 1 amide bonds. The van der Waals surface area contributed by atoms with Crippen LogP contribution in [0, 0.1) is 11.8 Å². The molecule has 0 spiro atoms. The van der Waals surface area contributed by atoms with Crippen molar-refractivity contribution in [1.29, 1.82) is 0 Å². The van der Waals surface area contributed by atoms with Crippen LogP contribution >= 0.6 is 0 Å². The summed E-state index contributed by atoms with van der Waals surface area (Å²) >= 11 is 0. The molecule has 2 N–H and O–H groups in total. The largest absolute Gasteiger partial charge is 0.493 e. The Hall–Kier alpha value is -1.71. The number of amides is 1. The molecule has 4 heteroatoms. The van der Waals surface area contributed by atoms with Gasteiger partial charge in [-0.15, -0.1) is 0 Å². The maximum atomic E-state index is 12.7. The lowest BCUT2D eigenvalue weighted by atomic mass is 9.91. The molecule has 110 valence electrons. The third-order valence-corrected chi connectivity index (χ3v) is 3.69. The molecule has 1 aromatic rings. The number of hydrogen-bond donors (Lipinski definition) is 1. The average Bonchev–Trinajstić information content (AvgIpc) is 2.39. The SMILES string of the molecule is CCOc1ccc(N)cc1C(=O)N1C[C@H](C)C[C@H](C)C1. The number of nitrogen functional groups attached to an aromatic ring is 1. The highest BCUT2D eigenvalue weighted by atomic mass is 16.5. The molecule has 1 aliphatic rings. The van der Waals surface area contributed by atoms with E-state index in [0.717, 1.165) is 13.1 Å². The first-order valence-electron chi connectivity index (χ1n) is 7.32. The van der Waals surface area contributed by atoms with E-state index in [4.69, 9.17) is 10.5 Å². The Labute approximate surface area is 120 Å². The van der Waals surface area contributed by atoms with Crippen LogP contribution < -0.4 is 10.5 Å². The number of ether oxygens (including phenoxy) is 1. The minimum absolute atomic E-state index is 0.0270. The number of nitrogens with zero attached hydrogens (tertiary/aromatic N) is 1. The average molecular weight is 276 g/mol. The molecule has 1 aliphatic heterocycles. The zero-order valence-corrected chi connectivity index (χ0v) is 12.6. The first-order valence-corrected chi connectivity index (χ1v) is 7.32. The van der Waals surface area contributed by atoms with Crippen molar-refractivity contribution in [2.45, 2.75) is 27.2 Å². The first kappa shape index (κ1) is 14.7. The van der Waals surface area contributed by atoms with Crippen molar-refractivity contribution in [2.75, 3.05) is 25.4 Å². The van der Waals surface area contributed by atoms with E-state index in [1.807, 2.05) is 11.8 Å². The van der Waals surface area contributed by atoms with E-state index in [-0.39, 0.29) is 5.91 Å². The maximum Gasteiger partial charge on any atom is 0.257 e. The molecule has 4 nitrogen and oxygen atoms in total. The van der Waals surface area contributed by atoms with E-state index in [1.165, 1.54) is 6.42 Å². The quantitative estimate of drug-likeness (QED) is 0.864. The first-order chi connectivity index (χ1) is 9.51. The zero-order valence-electron chi connectivity index (χ0n) is 12.6. The summed E-state index contributed by atoms with van der Waals surface area (Å²) in [5.41, 5.74) is 6.99. The van der Waals surface area contributed by atoms with Crippen LogP contribution in [-0.4, -0.2) is 30.5 Å². The Balaban J connectivity index is 2.25. The monoisotopic (exact) mass is 276 g/mol. The van der Waals surface area contributed by atoms with E-state index in [1.54, 1.807) is 18.2 Å². The van der Waals surface area contributed by atoms with Crippen molar-refractivity contribution >= 4 is 11.6 Å². The summed E-state index contributed by atoms with van der Waals surface area (Å²) in [7, 11) is 0. The van der Waals surface area contributed by atoms with Gasteiger partial charge in [0.1, 0.15) is 5.75 Å². The van der Waals surface area contributed by atoms with Crippen LogP contribution in [0.3, 0.4) is 0 Å². The number of likely N-dealkylation sites (tertiary alicyclic amines) is 1. The molecule has 1 saturated heterocycles. The summed E-state index contributed by atoms with van der Waals surface area (Å²) in [6.07, 6.45) is 1.18. The van der Waals surface area contributed by atoms with Crippen LogP contribution in [0.5, 0.6) is 5.75 Å². The summed E-state index contributed by atoms with van der Waals surface area (Å²) in [6.45, 7) is 8.46. The second-order valence-electron chi connectivity index (χ2n) is 5.84. The summed E-state index contributed by atoms with van der Waals surface area (Å²) in [4.78, 5) is 14.7. The number of benzene rings is 1. The fourth-order valence-electron chi connectivity index (χ4n) is 3.00. The second-order valence-corrected chi connectivity index (χ2v) is 5.84. The van der Waals surface area contributed by atoms with Crippen LogP contribution in [0.25, 0.3) is 0 Å². The molecule has 20 heavy (non-hydrogen) atoms. The van der Waals surface area contributed by atoms with Gasteiger partial charge in [-0.25, -0.2) is 0 Å². The third kappa shape index (κ3) is 3.24. The van der Waals surface area contributed by atoms with Gasteiger partial charge in [0.25, 0.3) is 5.91 Å². The number of carbonyl (C=O) groups excluding carboxylic acids is 1. The van der Waals surface area contributed by atoms with Crippen molar-refractivity contribution in [3.8, 4) is 5.75 Å². The van der Waals surface area contributed by atoms with Gasteiger partial charge >= 0.3 is 0 Å². The van der Waals surface area contributed by atoms with Gasteiger partial charge in [0, 0.05) is 18.8 Å². The van der Waals surface area contributed by atoms with Gasteiger partial charge in [-0.3, -0.25) is 4.79 Å². The molecule has 0 saturated carbocycles. The number of carbonyl (C=O) groups is 1. The van der Waals surface area contributed by atoms with Gasteiger partial charge in [-0.05, 0) is 43.4 Å². The lowest BCUT2D eigenvalue weighted by molar-refractivity contribution is 0.0619. The van der Waals surface area contributed by atoms with E-state index < -0.39 is 0 Å². The van der Waals surface area contributed by atoms with Gasteiger partial charge in [0.2, 0.25) is 0 Å². The van der Waals surface area contributed by atoms with E-state index in [9.17, 15) is 4.79 Å². The lowest BCUT2D eigenvalue weighted by Gasteiger charge is -2.35. The number of rotatable bonds is 3. The maximum absolute atomic E-state index is 12.7. The zero-order chi connectivity index (χ0) is 14.7. The summed E-state index contributed by atoms with van der Waals surface area (Å²) in [6, 6.07) is 5.27. The molecule has 0 bridgehead atoms. The standard InChI is InChI=1S/C16H24N2O2/c1-4-20-15-6-5-13(17)8-14(15)16(19)18-9-11(2)7-12(3)10-18/h5-6,8,11-12H,4,7,9-10,17H2,1-3H3/t11-,12+. The highest BCUT2D eigenvalue weighted by Gasteiger charge is 2.27. The predicted molar refractivity (Wildman–Crippen MR) is 80.9 cm³/mol. The van der Waals surface area contributed by atoms with Gasteiger partial charge in [0.15, 0.2) is 0 Å². The van der Waals surface area contributed by atoms with Gasteiger partial charge in [-0.1, -0.05) is 13.8 Å². The molecule has 2 rings (SSSR count). The molecule has 2 atom stereocenters. The number of anilines is 1. The minimum atomic E-state index is 0.0270. The number of hydrogen-bond acceptors (Lipinski definition) is 3. The molecule has 0 unspecified atom stereocenters. The Morgan fingerprint density at radius 3 is 2.60 bits per heavy atom. The second kappa shape index (κ2) is 6.16. The lowest BCUT2D eigenvalue weighted by Crippen LogP contribution is -2.42. The van der Waals surface area contributed by atoms with Crippen molar-refractivity contribution in [2.24, 2.45) is 11.8 Å². The van der Waals surface area contributed by atoms with Crippen molar-refractivity contribution in [1.82, 2.24) is 4.90 Å². The third-order valence-electron chi connectivity index (χ3n) is 3.69. The van der Waals surface area contributed by atoms with Crippen LogP contribution in [0.1, 0.15) is 37.6 Å². The summed E-state index contributed by atoms with van der Waals surface area (Å²) < 4.78 is 5.55. The fraction of sp³-hybridized carbons (Fsp3) is 0.562. The van der Waals surface area contributed by atoms with Gasteiger partial charge in [-0.2, -0.15) is 0 Å². The molecular weight excluding hydrogens is 252 g/mol. The van der Waals surface area contributed by atoms with Crippen molar-refractivity contribution in [3.63, 3.8) is 0 Å². The smallest absolute Gasteiger partial charge is 0.257 e. The Morgan fingerprint density at radius 1 is 1.35 bits per heavy atom. The van der Waals surface area contributed by atoms with Crippen LogP contribution in [0.4, 0.5) is 5.69 Å². The van der Waals surface area contributed by atoms with Gasteiger partial charge in [0.05, 0.1) is 12.2 Å². The highest BCUT2D eigenvalue weighted by Crippen LogP contribution is 2.27. The Bertz CT molecular complexity index is 477. The molecule has 0 aliphatic carbocycles. The van der Waals surface area contributed by atoms with E-state index >= 15 is 0 Å². The Kier molecular flexibility index (Phi) is 4.53. The number of nitrogens with two attached hydrogens (primary N) is 1. The summed E-state index contributed by atoms with van der Waals surface area (Å²) in [5, 5.41) is 0. The van der Waals surface area contributed by atoms with Crippen LogP contribution in [-0.2, 0) is 0 Å².